The second-order valence-electron chi connectivity index (χ2n) is 5.75. The highest BCUT2D eigenvalue weighted by Crippen LogP contribution is 2.23. The largest absolute Gasteiger partial charge is 0.379 e. The van der Waals surface area contributed by atoms with Crippen LogP contribution in [0, 0.1) is 5.92 Å². The molecule has 0 spiro atoms. The number of carbonyl (C=O) groups excluding carboxylic acids is 1. The summed E-state index contributed by atoms with van der Waals surface area (Å²) in [6, 6.07) is -0.462. The van der Waals surface area contributed by atoms with Crippen molar-refractivity contribution in [1.82, 2.24) is 4.90 Å². The standard InChI is InChI=1S/C13H24N2O4S/c1-2-3-5-15(10-4-6-20(17,18)9-10)13(16)11-7-19-8-12(11)14/h10-12H,2-9,14H2,1H3. The number of ether oxygens (including phenoxy) is 1. The molecule has 0 saturated carbocycles. The molecule has 2 aliphatic heterocycles. The van der Waals surface area contributed by atoms with E-state index in [4.69, 9.17) is 10.5 Å². The van der Waals surface area contributed by atoms with Crippen LogP contribution in [-0.2, 0) is 19.4 Å². The van der Waals surface area contributed by atoms with Crippen LogP contribution >= 0.6 is 0 Å². The summed E-state index contributed by atoms with van der Waals surface area (Å²) >= 11 is 0. The summed E-state index contributed by atoms with van der Waals surface area (Å²) in [5.41, 5.74) is 5.91. The molecule has 3 unspecified atom stereocenters. The molecule has 2 aliphatic rings. The van der Waals surface area contributed by atoms with Crippen LogP contribution in [0.3, 0.4) is 0 Å². The lowest BCUT2D eigenvalue weighted by Gasteiger charge is -2.31. The van der Waals surface area contributed by atoms with E-state index in [1.54, 1.807) is 4.90 Å². The monoisotopic (exact) mass is 304 g/mol. The van der Waals surface area contributed by atoms with E-state index in [1.807, 2.05) is 0 Å². The third-order valence-electron chi connectivity index (χ3n) is 4.13. The van der Waals surface area contributed by atoms with Crippen molar-refractivity contribution in [2.24, 2.45) is 11.7 Å². The smallest absolute Gasteiger partial charge is 0.229 e. The van der Waals surface area contributed by atoms with E-state index < -0.39 is 9.84 Å². The highest BCUT2D eigenvalue weighted by Gasteiger charge is 2.40. The minimum Gasteiger partial charge on any atom is -0.379 e. The van der Waals surface area contributed by atoms with Gasteiger partial charge in [0.15, 0.2) is 9.84 Å². The van der Waals surface area contributed by atoms with Crippen LogP contribution in [0.1, 0.15) is 26.2 Å². The molecular formula is C13H24N2O4S. The van der Waals surface area contributed by atoms with Gasteiger partial charge in [-0.05, 0) is 12.8 Å². The molecule has 7 heteroatoms. The maximum Gasteiger partial charge on any atom is 0.229 e. The van der Waals surface area contributed by atoms with E-state index in [0.29, 0.717) is 26.2 Å². The molecule has 2 N–H and O–H groups in total. The molecule has 2 heterocycles. The minimum absolute atomic E-state index is 0.0365. The molecule has 0 aromatic carbocycles. The third kappa shape index (κ3) is 3.51. The first-order chi connectivity index (χ1) is 9.44. The molecule has 20 heavy (non-hydrogen) atoms. The topological polar surface area (TPSA) is 89.7 Å². The Kier molecular flexibility index (Phi) is 5.04. The van der Waals surface area contributed by atoms with E-state index in [9.17, 15) is 13.2 Å². The number of sulfone groups is 1. The fourth-order valence-corrected chi connectivity index (χ4v) is 4.59. The van der Waals surface area contributed by atoms with Crippen molar-refractivity contribution in [3.8, 4) is 0 Å². The highest BCUT2D eigenvalue weighted by atomic mass is 32.2. The second-order valence-corrected chi connectivity index (χ2v) is 7.98. The van der Waals surface area contributed by atoms with Crippen LogP contribution < -0.4 is 5.73 Å². The van der Waals surface area contributed by atoms with Crippen molar-refractivity contribution in [3.63, 3.8) is 0 Å². The lowest BCUT2D eigenvalue weighted by Crippen LogP contribution is -2.49. The van der Waals surface area contributed by atoms with Gasteiger partial charge in [-0.1, -0.05) is 13.3 Å². The van der Waals surface area contributed by atoms with Crippen molar-refractivity contribution in [1.29, 1.82) is 0 Å². The SMILES string of the molecule is CCCCN(C(=O)C1COCC1N)C1CCS(=O)(=O)C1. The number of unbranched alkanes of at least 4 members (excludes halogenated alkanes) is 1. The van der Waals surface area contributed by atoms with Crippen molar-refractivity contribution < 1.29 is 17.9 Å². The summed E-state index contributed by atoms with van der Waals surface area (Å²) in [7, 11) is -2.99. The molecular weight excluding hydrogens is 280 g/mol. The maximum atomic E-state index is 12.6. The second kappa shape index (κ2) is 6.41. The fraction of sp³-hybridized carbons (Fsp3) is 0.923. The van der Waals surface area contributed by atoms with Crippen LogP contribution in [0.15, 0.2) is 0 Å². The predicted octanol–water partition coefficient (Wildman–Crippen LogP) is -0.224. The van der Waals surface area contributed by atoms with Gasteiger partial charge in [0, 0.05) is 18.6 Å². The van der Waals surface area contributed by atoms with Gasteiger partial charge >= 0.3 is 0 Å². The number of hydrogen-bond donors (Lipinski definition) is 1. The molecule has 0 aromatic rings. The first-order valence-electron chi connectivity index (χ1n) is 7.29. The van der Waals surface area contributed by atoms with Crippen molar-refractivity contribution >= 4 is 15.7 Å². The normalized spacial score (nSPS) is 32.4. The van der Waals surface area contributed by atoms with Gasteiger partial charge < -0.3 is 15.4 Å². The number of nitrogens with two attached hydrogens (primary N) is 1. The Balaban J connectivity index is 2.08. The molecule has 3 atom stereocenters. The van der Waals surface area contributed by atoms with E-state index in [-0.39, 0.29) is 35.4 Å². The van der Waals surface area contributed by atoms with Crippen LogP contribution in [0.4, 0.5) is 0 Å². The van der Waals surface area contributed by atoms with E-state index in [1.165, 1.54) is 0 Å². The van der Waals surface area contributed by atoms with Gasteiger partial charge in [-0.15, -0.1) is 0 Å². The van der Waals surface area contributed by atoms with E-state index >= 15 is 0 Å². The zero-order valence-electron chi connectivity index (χ0n) is 12.0. The minimum atomic E-state index is -2.99. The lowest BCUT2D eigenvalue weighted by atomic mass is 10.0. The Morgan fingerprint density at radius 1 is 1.40 bits per heavy atom. The molecule has 116 valence electrons. The van der Waals surface area contributed by atoms with Gasteiger partial charge in [-0.25, -0.2) is 8.42 Å². The van der Waals surface area contributed by atoms with Gasteiger partial charge in [0.2, 0.25) is 5.91 Å². The Bertz CT molecular complexity index is 451. The average molecular weight is 304 g/mol. The van der Waals surface area contributed by atoms with E-state index in [0.717, 1.165) is 12.8 Å². The summed E-state index contributed by atoms with van der Waals surface area (Å²) in [6.45, 7) is 3.42. The summed E-state index contributed by atoms with van der Waals surface area (Å²) < 4.78 is 28.5. The first-order valence-corrected chi connectivity index (χ1v) is 9.11. The van der Waals surface area contributed by atoms with Gasteiger partial charge in [0.1, 0.15) is 0 Å². The summed E-state index contributed by atoms with van der Waals surface area (Å²) in [6.07, 6.45) is 2.39. The van der Waals surface area contributed by atoms with Crippen LogP contribution in [0.2, 0.25) is 0 Å². The van der Waals surface area contributed by atoms with Gasteiger partial charge in [0.25, 0.3) is 0 Å². The number of carbonyl (C=O) groups is 1. The lowest BCUT2D eigenvalue weighted by molar-refractivity contribution is -0.137. The number of nitrogens with zero attached hydrogens (tertiary/aromatic N) is 1. The quantitative estimate of drug-likeness (QED) is 0.758. The van der Waals surface area contributed by atoms with Crippen molar-refractivity contribution in [2.75, 3.05) is 31.3 Å². The molecule has 6 nitrogen and oxygen atoms in total. The molecule has 0 aliphatic carbocycles. The van der Waals surface area contributed by atoms with Crippen LogP contribution in [-0.4, -0.2) is 62.6 Å². The molecule has 2 saturated heterocycles. The molecule has 1 amide bonds. The average Bonchev–Trinajstić information content (AvgIpc) is 2.95. The van der Waals surface area contributed by atoms with Gasteiger partial charge in [-0.3, -0.25) is 4.79 Å². The van der Waals surface area contributed by atoms with Crippen molar-refractivity contribution in [3.05, 3.63) is 0 Å². The molecule has 0 radical (unpaired) electrons. The fourth-order valence-electron chi connectivity index (χ4n) is 2.86. The highest BCUT2D eigenvalue weighted by molar-refractivity contribution is 7.91. The zero-order chi connectivity index (χ0) is 14.8. The van der Waals surface area contributed by atoms with Gasteiger partial charge in [0.05, 0.1) is 30.6 Å². The number of hydrogen-bond acceptors (Lipinski definition) is 5. The first kappa shape index (κ1) is 15.7. The Hall–Kier alpha value is -0.660. The Labute approximate surface area is 120 Å². The van der Waals surface area contributed by atoms with Crippen LogP contribution in [0.25, 0.3) is 0 Å². The summed E-state index contributed by atoms with van der Waals surface area (Å²) in [4.78, 5) is 14.4. The number of rotatable bonds is 5. The Morgan fingerprint density at radius 2 is 2.15 bits per heavy atom. The molecule has 0 aromatic heterocycles. The molecule has 2 rings (SSSR count). The third-order valence-corrected chi connectivity index (χ3v) is 5.88. The Morgan fingerprint density at radius 3 is 2.65 bits per heavy atom. The molecule has 0 bridgehead atoms. The van der Waals surface area contributed by atoms with Crippen molar-refractivity contribution in [2.45, 2.75) is 38.3 Å². The summed E-state index contributed by atoms with van der Waals surface area (Å²) in [5, 5.41) is 0. The summed E-state index contributed by atoms with van der Waals surface area (Å²) in [5.74, 6) is -0.0906. The molecule has 2 fully saturated rings. The number of amides is 1. The predicted molar refractivity (Wildman–Crippen MR) is 76.0 cm³/mol. The van der Waals surface area contributed by atoms with E-state index in [2.05, 4.69) is 6.92 Å². The van der Waals surface area contributed by atoms with Crippen LogP contribution in [0.5, 0.6) is 0 Å². The van der Waals surface area contributed by atoms with Gasteiger partial charge in [-0.2, -0.15) is 0 Å². The zero-order valence-corrected chi connectivity index (χ0v) is 12.8. The maximum absolute atomic E-state index is 12.6.